The Morgan fingerprint density at radius 2 is 1.86 bits per heavy atom. The Hall–Kier alpha value is -2.50. The van der Waals surface area contributed by atoms with E-state index in [2.05, 4.69) is 21.9 Å². The van der Waals surface area contributed by atoms with Gasteiger partial charge in [0.05, 0.1) is 7.11 Å². The fraction of sp³-hybridized carbons (Fsp3) is 0.348. The largest absolute Gasteiger partial charge is 0.497 e. The SMILES string of the molecule is COc1ccc(N2CCCN(Cc3cc(=O)oc4cc(C)c(Cl)cc34)CC2)cc1. The molecule has 3 aromatic rings. The van der Waals surface area contributed by atoms with Crippen LogP contribution in [0, 0.1) is 6.92 Å². The summed E-state index contributed by atoms with van der Waals surface area (Å²) in [5, 5.41) is 1.60. The molecule has 1 saturated heterocycles. The highest BCUT2D eigenvalue weighted by molar-refractivity contribution is 6.32. The van der Waals surface area contributed by atoms with E-state index in [1.54, 1.807) is 13.2 Å². The van der Waals surface area contributed by atoms with Gasteiger partial charge in [-0.1, -0.05) is 11.6 Å². The minimum absolute atomic E-state index is 0.316. The summed E-state index contributed by atoms with van der Waals surface area (Å²) in [5.41, 5.74) is 3.37. The second kappa shape index (κ2) is 8.47. The molecule has 0 atom stereocenters. The first kappa shape index (κ1) is 19.8. The van der Waals surface area contributed by atoms with Crippen LogP contribution in [0.25, 0.3) is 11.0 Å². The van der Waals surface area contributed by atoms with Crippen LogP contribution in [0.3, 0.4) is 0 Å². The molecule has 0 unspecified atom stereocenters. The van der Waals surface area contributed by atoms with Gasteiger partial charge in [0.2, 0.25) is 0 Å². The first-order chi connectivity index (χ1) is 14.0. The molecule has 0 amide bonds. The summed E-state index contributed by atoms with van der Waals surface area (Å²) in [6, 6.07) is 13.6. The number of rotatable bonds is 4. The minimum Gasteiger partial charge on any atom is -0.497 e. The topological polar surface area (TPSA) is 45.9 Å². The smallest absolute Gasteiger partial charge is 0.336 e. The zero-order valence-electron chi connectivity index (χ0n) is 16.8. The zero-order valence-corrected chi connectivity index (χ0v) is 17.5. The molecular formula is C23H25ClN2O3. The van der Waals surface area contributed by atoms with Crippen LogP contribution in [0.2, 0.25) is 5.02 Å². The summed E-state index contributed by atoms with van der Waals surface area (Å²) >= 11 is 6.33. The number of halogens is 1. The third-order valence-corrected chi connectivity index (χ3v) is 5.94. The minimum atomic E-state index is -0.316. The Morgan fingerprint density at radius 1 is 1.07 bits per heavy atom. The molecule has 0 bridgehead atoms. The van der Waals surface area contributed by atoms with Crippen LogP contribution >= 0.6 is 11.6 Å². The second-order valence-corrected chi connectivity index (χ2v) is 7.91. The van der Waals surface area contributed by atoms with Gasteiger partial charge in [-0.15, -0.1) is 0 Å². The van der Waals surface area contributed by atoms with Crippen LogP contribution in [0.15, 0.2) is 51.7 Å². The van der Waals surface area contributed by atoms with Gasteiger partial charge < -0.3 is 14.1 Å². The summed E-state index contributed by atoms with van der Waals surface area (Å²) in [4.78, 5) is 16.9. The number of nitrogens with zero attached hydrogens (tertiary/aromatic N) is 2. The molecule has 0 aliphatic carbocycles. The molecule has 0 saturated carbocycles. The zero-order chi connectivity index (χ0) is 20.4. The predicted octanol–water partition coefficient (Wildman–Crippen LogP) is 4.48. The fourth-order valence-electron chi connectivity index (χ4n) is 3.90. The number of fused-ring (bicyclic) bond motifs is 1. The van der Waals surface area contributed by atoms with E-state index in [4.69, 9.17) is 20.8 Å². The maximum atomic E-state index is 12.1. The third kappa shape index (κ3) is 4.41. The molecule has 1 fully saturated rings. The van der Waals surface area contributed by atoms with E-state index in [-0.39, 0.29) is 5.63 Å². The Kier molecular flexibility index (Phi) is 5.79. The molecule has 1 aliphatic heterocycles. The number of aryl methyl sites for hydroxylation is 1. The molecule has 6 heteroatoms. The van der Waals surface area contributed by atoms with Crippen molar-refractivity contribution in [1.82, 2.24) is 4.90 Å². The molecule has 2 heterocycles. The maximum Gasteiger partial charge on any atom is 0.336 e. The van der Waals surface area contributed by atoms with Gasteiger partial charge in [0.15, 0.2) is 0 Å². The van der Waals surface area contributed by atoms with Crippen molar-refractivity contribution in [3.8, 4) is 5.75 Å². The quantitative estimate of drug-likeness (QED) is 0.591. The van der Waals surface area contributed by atoms with Crippen LogP contribution in [0.5, 0.6) is 5.75 Å². The summed E-state index contributed by atoms with van der Waals surface area (Å²) in [6.45, 7) is 6.47. The van der Waals surface area contributed by atoms with Crippen LogP contribution in [0.4, 0.5) is 5.69 Å². The summed E-state index contributed by atoms with van der Waals surface area (Å²) in [5.74, 6) is 0.869. The van der Waals surface area contributed by atoms with Crippen molar-refractivity contribution in [3.05, 3.63) is 69.0 Å². The average molecular weight is 413 g/mol. The Balaban J connectivity index is 1.52. The van der Waals surface area contributed by atoms with Crippen LogP contribution < -0.4 is 15.3 Å². The lowest BCUT2D eigenvalue weighted by atomic mass is 10.1. The lowest BCUT2D eigenvalue weighted by molar-refractivity contribution is 0.286. The van der Waals surface area contributed by atoms with Gasteiger partial charge in [-0.05, 0) is 60.9 Å². The van der Waals surface area contributed by atoms with Crippen molar-refractivity contribution >= 4 is 28.3 Å². The number of hydrogen-bond donors (Lipinski definition) is 0. The van der Waals surface area contributed by atoms with Crippen molar-refractivity contribution in [3.63, 3.8) is 0 Å². The molecule has 0 radical (unpaired) electrons. The second-order valence-electron chi connectivity index (χ2n) is 7.50. The van der Waals surface area contributed by atoms with Crippen LogP contribution in [0.1, 0.15) is 17.5 Å². The van der Waals surface area contributed by atoms with E-state index in [1.165, 1.54) is 5.69 Å². The van der Waals surface area contributed by atoms with Gasteiger partial charge in [0, 0.05) is 54.9 Å². The standard InChI is InChI=1S/C23H25ClN2O3/c1-16-12-22-20(14-21(16)24)17(13-23(27)29-22)15-25-8-3-9-26(11-10-25)18-4-6-19(28-2)7-5-18/h4-7,12-14H,3,8-11,15H2,1-2H3. The van der Waals surface area contributed by atoms with Gasteiger partial charge in [0.25, 0.3) is 0 Å². The Labute approximate surface area is 175 Å². The lowest BCUT2D eigenvalue weighted by Crippen LogP contribution is -2.30. The number of hydrogen-bond acceptors (Lipinski definition) is 5. The number of methoxy groups -OCH3 is 1. The van der Waals surface area contributed by atoms with Crippen molar-refractivity contribution in [1.29, 1.82) is 0 Å². The summed E-state index contributed by atoms with van der Waals surface area (Å²) in [7, 11) is 1.68. The summed E-state index contributed by atoms with van der Waals surface area (Å²) < 4.78 is 10.7. The molecule has 4 rings (SSSR count). The van der Waals surface area contributed by atoms with Crippen LogP contribution in [-0.2, 0) is 6.54 Å². The van der Waals surface area contributed by atoms with Gasteiger partial charge >= 0.3 is 5.63 Å². The maximum absolute atomic E-state index is 12.1. The van der Waals surface area contributed by atoms with Crippen molar-refractivity contribution < 1.29 is 9.15 Å². The highest BCUT2D eigenvalue weighted by Crippen LogP contribution is 2.26. The lowest BCUT2D eigenvalue weighted by Gasteiger charge is -2.24. The van der Waals surface area contributed by atoms with Crippen LogP contribution in [-0.4, -0.2) is 38.2 Å². The van der Waals surface area contributed by atoms with E-state index < -0.39 is 0 Å². The molecule has 5 nitrogen and oxygen atoms in total. The molecule has 0 spiro atoms. The monoisotopic (exact) mass is 412 g/mol. The molecule has 1 aromatic heterocycles. The highest BCUT2D eigenvalue weighted by atomic mass is 35.5. The third-order valence-electron chi connectivity index (χ3n) is 5.53. The van der Waals surface area contributed by atoms with E-state index in [1.807, 2.05) is 31.2 Å². The number of benzene rings is 2. The summed E-state index contributed by atoms with van der Waals surface area (Å²) in [6.07, 6.45) is 1.06. The fourth-order valence-corrected chi connectivity index (χ4v) is 4.06. The number of ether oxygens (including phenoxy) is 1. The average Bonchev–Trinajstić information content (AvgIpc) is 2.95. The molecule has 2 aromatic carbocycles. The van der Waals surface area contributed by atoms with E-state index in [9.17, 15) is 4.79 Å². The van der Waals surface area contributed by atoms with Gasteiger partial charge in [0.1, 0.15) is 11.3 Å². The molecular weight excluding hydrogens is 388 g/mol. The highest BCUT2D eigenvalue weighted by Gasteiger charge is 2.17. The van der Waals surface area contributed by atoms with E-state index in [0.29, 0.717) is 17.2 Å². The number of anilines is 1. The first-order valence-corrected chi connectivity index (χ1v) is 10.3. The van der Waals surface area contributed by atoms with Gasteiger partial charge in [-0.25, -0.2) is 4.79 Å². The van der Waals surface area contributed by atoms with Crippen molar-refractivity contribution in [2.24, 2.45) is 0 Å². The normalized spacial score (nSPS) is 15.5. The molecule has 152 valence electrons. The predicted molar refractivity (Wildman–Crippen MR) is 117 cm³/mol. The Bertz CT molecular complexity index is 1060. The van der Waals surface area contributed by atoms with Gasteiger partial charge in [-0.2, -0.15) is 0 Å². The first-order valence-electron chi connectivity index (χ1n) is 9.88. The van der Waals surface area contributed by atoms with E-state index in [0.717, 1.165) is 54.9 Å². The van der Waals surface area contributed by atoms with Crippen molar-refractivity contribution in [2.45, 2.75) is 19.9 Å². The van der Waals surface area contributed by atoms with E-state index >= 15 is 0 Å². The Morgan fingerprint density at radius 3 is 2.62 bits per heavy atom. The van der Waals surface area contributed by atoms with Gasteiger partial charge in [-0.3, -0.25) is 4.90 Å². The van der Waals surface area contributed by atoms with Crippen molar-refractivity contribution in [2.75, 3.05) is 38.2 Å². The molecule has 1 aliphatic rings. The molecule has 0 N–H and O–H groups in total. The molecule has 29 heavy (non-hydrogen) atoms.